The topological polar surface area (TPSA) is 62.3 Å². The highest BCUT2D eigenvalue weighted by atomic mass is 35.5. The van der Waals surface area contributed by atoms with Gasteiger partial charge >= 0.3 is 0 Å². The predicted molar refractivity (Wildman–Crippen MR) is 92.3 cm³/mol. The first-order chi connectivity index (χ1) is 10.4. The number of halogens is 1. The molecule has 0 unspecified atom stereocenters. The average Bonchev–Trinajstić information content (AvgIpc) is 2.69. The lowest BCUT2D eigenvalue weighted by molar-refractivity contribution is -0.121. The zero-order valence-corrected chi connectivity index (χ0v) is 14.0. The molecule has 1 N–H and O–H groups in total. The van der Waals surface area contributed by atoms with Crippen molar-refractivity contribution < 1.29 is 9.59 Å². The van der Waals surface area contributed by atoms with Gasteiger partial charge in [0.05, 0.1) is 11.0 Å². The van der Waals surface area contributed by atoms with Crippen LogP contribution in [0.25, 0.3) is 0 Å². The van der Waals surface area contributed by atoms with Crippen LogP contribution in [-0.2, 0) is 10.2 Å². The number of carbonyl (C=O) groups excluding carboxylic acids is 2. The first kappa shape index (κ1) is 17.0. The number of nitrogens with one attached hydrogen (secondary N) is 1. The molecule has 2 heterocycles. The first-order valence-electron chi connectivity index (χ1n) is 7.05. The van der Waals surface area contributed by atoms with Crippen molar-refractivity contribution in [2.24, 2.45) is 0 Å². The van der Waals surface area contributed by atoms with Gasteiger partial charge < -0.3 is 10.2 Å². The van der Waals surface area contributed by atoms with Crippen LogP contribution in [0.3, 0.4) is 0 Å². The summed E-state index contributed by atoms with van der Waals surface area (Å²) in [5, 5.41) is 2.85. The maximum absolute atomic E-state index is 12.3. The van der Waals surface area contributed by atoms with Gasteiger partial charge in [-0.05, 0) is 49.7 Å². The summed E-state index contributed by atoms with van der Waals surface area (Å²) in [6.45, 7) is 3.79. The Kier molecular flexibility index (Phi) is 4.43. The molecule has 1 aromatic carbocycles. The maximum Gasteiger partial charge on any atom is 0.257 e. The fourth-order valence-corrected chi connectivity index (χ4v) is 2.75. The molecule has 120 valence electrons. The number of carbonyl (C=O) groups is 2. The summed E-state index contributed by atoms with van der Waals surface area (Å²) in [6, 6.07) is 8.95. The van der Waals surface area contributed by atoms with E-state index in [0.717, 1.165) is 11.3 Å². The number of pyridine rings is 1. The van der Waals surface area contributed by atoms with Gasteiger partial charge in [0, 0.05) is 30.8 Å². The van der Waals surface area contributed by atoms with E-state index < -0.39 is 5.41 Å². The smallest absolute Gasteiger partial charge is 0.257 e. The van der Waals surface area contributed by atoms with Crippen molar-refractivity contribution in [3.05, 3.63) is 53.9 Å². The van der Waals surface area contributed by atoms with Crippen LogP contribution in [0, 0.1) is 0 Å². The van der Waals surface area contributed by atoms with Crippen molar-refractivity contribution in [1.82, 2.24) is 4.98 Å². The Labute approximate surface area is 141 Å². The van der Waals surface area contributed by atoms with Crippen molar-refractivity contribution in [3.63, 3.8) is 0 Å². The first-order valence-corrected chi connectivity index (χ1v) is 7.05. The number of benzene rings is 1. The third-order valence-corrected chi connectivity index (χ3v) is 4.05. The van der Waals surface area contributed by atoms with E-state index in [2.05, 4.69) is 10.3 Å². The minimum Gasteiger partial charge on any atom is -0.322 e. The van der Waals surface area contributed by atoms with Crippen molar-refractivity contribution in [2.75, 3.05) is 17.3 Å². The Bertz CT molecular complexity index is 760. The number of rotatable bonds is 2. The minimum atomic E-state index is -0.584. The molecule has 0 atom stereocenters. The molecule has 1 aliphatic heterocycles. The normalized spacial score (nSPS) is 14.9. The van der Waals surface area contributed by atoms with E-state index in [0.29, 0.717) is 11.3 Å². The third kappa shape index (κ3) is 2.80. The van der Waals surface area contributed by atoms with Crippen LogP contribution in [0.5, 0.6) is 0 Å². The molecule has 3 rings (SSSR count). The van der Waals surface area contributed by atoms with E-state index >= 15 is 0 Å². The fourth-order valence-electron chi connectivity index (χ4n) is 2.75. The highest BCUT2D eigenvalue weighted by Gasteiger charge is 2.42. The molecule has 2 aromatic rings. The average molecular weight is 332 g/mol. The summed E-state index contributed by atoms with van der Waals surface area (Å²) in [7, 11) is 1.77. The predicted octanol–water partition coefficient (Wildman–Crippen LogP) is 3.01. The van der Waals surface area contributed by atoms with Gasteiger partial charge in [-0.1, -0.05) is 0 Å². The number of hydrogen-bond acceptors (Lipinski definition) is 3. The molecule has 0 radical (unpaired) electrons. The Balaban J connectivity index is 0.00000192. The van der Waals surface area contributed by atoms with Gasteiger partial charge in [-0.2, -0.15) is 0 Å². The number of fused-ring (bicyclic) bond motifs is 1. The lowest BCUT2D eigenvalue weighted by Crippen LogP contribution is -2.33. The second kappa shape index (κ2) is 6.01. The van der Waals surface area contributed by atoms with Gasteiger partial charge in [-0.15, -0.1) is 12.4 Å². The molecular formula is C17H18ClN3O2. The molecule has 23 heavy (non-hydrogen) atoms. The highest BCUT2D eigenvalue weighted by molar-refractivity contribution is 6.08. The van der Waals surface area contributed by atoms with Gasteiger partial charge in [0.2, 0.25) is 5.91 Å². The van der Waals surface area contributed by atoms with E-state index in [1.165, 1.54) is 6.20 Å². The maximum atomic E-state index is 12.3. The molecule has 1 aromatic heterocycles. The summed E-state index contributed by atoms with van der Waals surface area (Å²) in [6.07, 6.45) is 3.14. The van der Waals surface area contributed by atoms with Crippen molar-refractivity contribution >= 4 is 35.6 Å². The molecule has 0 bridgehead atoms. The third-order valence-electron chi connectivity index (χ3n) is 4.05. The number of anilines is 2. The van der Waals surface area contributed by atoms with Crippen LogP contribution in [-0.4, -0.2) is 23.8 Å². The number of hydrogen-bond donors (Lipinski definition) is 1. The van der Waals surface area contributed by atoms with Gasteiger partial charge in [-0.3, -0.25) is 14.6 Å². The van der Waals surface area contributed by atoms with Gasteiger partial charge in [0.15, 0.2) is 0 Å². The number of nitrogens with zero attached hydrogens (tertiary/aromatic N) is 2. The lowest BCUT2D eigenvalue weighted by Gasteiger charge is -2.16. The van der Waals surface area contributed by atoms with Crippen molar-refractivity contribution in [2.45, 2.75) is 19.3 Å². The quantitative estimate of drug-likeness (QED) is 0.920. The Morgan fingerprint density at radius 1 is 1.26 bits per heavy atom. The monoisotopic (exact) mass is 331 g/mol. The van der Waals surface area contributed by atoms with Crippen molar-refractivity contribution in [1.29, 1.82) is 0 Å². The molecule has 0 aliphatic carbocycles. The molecule has 0 fully saturated rings. The van der Waals surface area contributed by atoms with E-state index in [1.54, 1.807) is 36.3 Å². The molecule has 6 heteroatoms. The zero-order valence-electron chi connectivity index (χ0n) is 13.2. The minimum absolute atomic E-state index is 0. The summed E-state index contributed by atoms with van der Waals surface area (Å²) in [5.74, 6) is -0.165. The van der Waals surface area contributed by atoms with E-state index in [-0.39, 0.29) is 24.2 Å². The molecule has 0 saturated carbocycles. The Morgan fingerprint density at radius 2 is 2.00 bits per heavy atom. The van der Waals surface area contributed by atoms with Gasteiger partial charge in [-0.25, -0.2) is 0 Å². The number of aromatic nitrogens is 1. The van der Waals surface area contributed by atoms with E-state index in [9.17, 15) is 9.59 Å². The van der Waals surface area contributed by atoms with Crippen LogP contribution in [0.1, 0.15) is 29.8 Å². The standard InChI is InChI=1S/C17H17N3O2.ClH/c1-17(2)13-9-12(6-7-14(13)20(3)16(17)22)19-15(21)11-5-4-8-18-10-11;/h4-10H,1-3H3,(H,19,21);1H. The SMILES string of the molecule is CN1C(=O)C(C)(C)c2cc(NC(=O)c3cccnc3)ccc21.Cl. The highest BCUT2D eigenvalue weighted by Crippen LogP contribution is 2.41. The fraction of sp³-hybridized carbons (Fsp3) is 0.235. The van der Waals surface area contributed by atoms with Crippen LogP contribution < -0.4 is 10.2 Å². The van der Waals surface area contributed by atoms with Gasteiger partial charge in [0.1, 0.15) is 0 Å². The van der Waals surface area contributed by atoms with Crippen LogP contribution >= 0.6 is 12.4 Å². The largest absolute Gasteiger partial charge is 0.322 e. The van der Waals surface area contributed by atoms with Crippen LogP contribution in [0.15, 0.2) is 42.7 Å². The van der Waals surface area contributed by atoms with Crippen molar-refractivity contribution in [3.8, 4) is 0 Å². The number of likely N-dealkylation sites (N-methyl/N-ethyl adjacent to an activating group) is 1. The summed E-state index contributed by atoms with van der Waals surface area (Å²) >= 11 is 0. The summed E-state index contributed by atoms with van der Waals surface area (Å²) < 4.78 is 0. The van der Waals surface area contributed by atoms with Crippen LogP contribution in [0.2, 0.25) is 0 Å². The molecule has 5 nitrogen and oxygen atoms in total. The van der Waals surface area contributed by atoms with Gasteiger partial charge in [0.25, 0.3) is 5.91 Å². The summed E-state index contributed by atoms with van der Waals surface area (Å²) in [5.41, 5.74) is 2.39. The number of amides is 2. The second-order valence-electron chi connectivity index (χ2n) is 5.92. The van der Waals surface area contributed by atoms with E-state index in [1.807, 2.05) is 26.0 Å². The molecule has 2 amide bonds. The Morgan fingerprint density at radius 3 is 2.65 bits per heavy atom. The Hall–Kier alpha value is -2.40. The zero-order chi connectivity index (χ0) is 15.9. The second-order valence-corrected chi connectivity index (χ2v) is 5.92. The lowest BCUT2D eigenvalue weighted by atomic mass is 9.86. The summed E-state index contributed by atoms with van der Waals surface area (Å²) in [4.78, 5) is 30.0. The van der Waals surface area contributed by atoms with E-state index in [4.69, 9.17) is 0 Å². The van der Waals surface area contributed by atoms with Crippen LogP contribution in [0.4, 0.5) is 11.4 Å². The molecule has 1 aliphatic rings. The molecule has 0 saturated heterocycles. The molecular weight excluding hydrogens is 314 g/mol. The molecule has 0 spiro atoms.